The molecule has 0 fully saturated rings. The van der Waals surface area contributed by atoms with Gasteiger partial charge < -0.3 is 10.6 Å². The summed E-state index contributed by atoms with van der Waals surface area (Å²) in [5, 5.41) is 15.0. The minimum atomic E-state index is -0.200. The molecule has 0 unspecified atom stereocenters. The largest absolute Gasteiger partial charge is 0.352 e. The van der Waals surface area contributed by atoms with Gasteiger partial charge in [-0.15, -0.1) is 10.2 Å². The van der Waals surface area contributed by atoms with E-state index in [0.29, 0.717) is 10.7 Å². The van der Waals surface area contributed by atoms with Crippen LogP contribution < -0.4 is 10.6 Å². The molecule has 2 rings (SSSR count). The van der Waals surface area contributed by atoms with Gasteiger partial charge in [-0.25, -0.2) is 0 Å². The first kappa shape index (κ1) is 19.5. The summed E-state index contributed by atoms with van der Waals surface area (Å²) in [5.41, 5.74) is 0.560. The van der Waals surface area contributed by atoms with E-state index in [4.69, 9.17) is 0 Å². The van der Waals surface area contributed by atoms with Crippen molar-refractivity contribution in [2.45, 2.75) is 39.0 Å². The summed E-state index contributed by atoms with van der Waals surface area (Å²) < 4.78 is 0.912. The lowest BCUT2D eigenvalue weighted by Gasteiger charge is -2.05. The van der Waals surface area contributed by atoms with Crippen molar-refractivity contribution in [1.29, 1.82) is 0 Å². The Morgan fingerprint density at radius 2 is 1.92 bits per heavy atom. The van der Waals surface area contributed by atoms with Crippen LogP contribution in [0.3, 0.4) is 0 Å². The Morgan fingerprint density at radius 1 is 1.16 bits per heavy atom. The number of nitrogens with zero attached hydrogens (tertiary/aromatic N) is 2. The third-order valence-electron chi connectivity index (χ3n) is 3.45. The van der Waals surface area contributed by atoms with Gasteiger partial charge in [0.25, 0.3) is 5.91 Å². The molecule has 0 atom stereocenters. The molecule has 6 nitrogen and oxygen atoms in total. The van der Waals surface area contributed by atoms with Crippen LogP contribution in [0.4, 0.5) is 5.13 Å². The molecule has 25 heavy (non-hydrogen) atoms. The van der Waals surface area contributed by atoms with Crippen LogP contribution in [0.15, 0.2) is 28.7 Å². The number of carbonyl (C=O) groups is 2. The topological polar surface area (TPSA) is 84.0 Å². The van der Waals surface area contributed by atoms with Crippen LogP contribution in [-0.2, 0) is 11.2 Å². The van der Waals surface area contributed by atoms with E-state index >= 15 is 0 Å². The van der Waals surface area contributed by atoms with Crippen molar-refractivity contribution in [3.63, 3.8) is 0 Å². The number of unbranched alkanes of at least 4 members (excludes halogenated alkanes) is 2. The number of carbonyl (C=O) groups excluding carboxylic acids is 2. The Kier molecular flexibility index (Phi) is 8.00. The standard InChI is InChI=1S/C17H21BrN4O2S/c1-2-3-4-5-15-21-22-17(25-15)20-14(23)10-11-19-16(24)12-6-8-13(18)9-7-12/h6-9H,2-5,10-11H2,1H3,(H,19,24)(H,20,22,23). The highest BCUT2D eigenvalue weighted by Crippen LogP contribution is 2.17. The highest BCUT2D eigenvalue weighted by Gasteiger charge is 2.09. The Hall–Kier alpha value is -1.80. The zero-order valence-electron chi connectivity index (χ0n) is 14.0. The van der Waals surface area contributed by atoms with E-state index in [0.717, 1.165) is 28.7 Å². The Labute approximate surface area is 159 Å². The van der Waals surface area contributed by atoms with E-state index in [9.17, 15) is 9.59 Å². The Morgan fingerprint density at radius 3 is 2.64 bits per heavy atom. The van der Waals surface area contributed by atoms with Gasteiger partial charge in [-0.05, 0) is 30.7 Å². The molecule has 0 spiro atoms. The predicted molar refractivity (Wildman–Crippen MR) is 103 cm³/mol. The smallest absolute Gasteiger partial charge is 0.251 e. The average Bonchev–Trinajstić information content (AvgIpc) is 3.03. The number of hydrogen-bond donors (Lipinski definition) is 2. The molecule has 0 bridgehead atoms. The van der Waals surface area contributed by atoms with Gasteiger partial charge in [0.2, 0.25) is 11.0 Å². The molecule has 134 valence electrons. The Bertz CT molecular complexity index is 703. The van der Waals surface area contributed by atoms with Gasteiger partial charge in [-0.2, -0.15) is 0 Å². The summed E-state index contributed by atoms with van der Waals surface area (Å²) in [4.78, 5) is 23.9. The maximum Gasteiger partial charge on any atom is 0.251 e. The zero-order valence-corrected chi connectivity index (χ0v) is 16.5. The van der Waals surface area contributed by atoms with E-state index in [-0.39, 0.29) is 24.8 Å². The first-order valence-corrected chi connectivity index (χ1v) is 9.85. The number of hydrogen-bond acceptors (Lipinski definition) is 5. The molecule has 0 aliphatic carbocycles. The molecular weight excluding hydrogens is 404 g/mol. The number of aromatic nitrogens is 2. The summed E-state index contributed by atoms with van der Waals surface area (Å²) in [7, 11) is 0. The summed E-state index contributed by atoms with van der Waals surface area (Å²) in [6, 6.07) is 7.05. The van der Waals surface area contributed by atoms with Crippen molar-refractivity contribution < 1.29 is 9.59 Å². The van der Waals surface area contributed by atoms with E-state index in [1.54, 1.807) is 24.3 Å². The van der Waals surface area contributed by atoms with Crippen molar-refractivity contribution in [2.75, 3.05) is 11.9 Å². The summed E-state index contributed by atoms with van der Waals surface area (Å²) in [6.07, 6.45) is 4.49. The monoisotopic (exact) mass is 424 g/mol. The van der Waals surface area contributed by atoms with Crippen LogP contribution in [0, 0.1) is 0 Å². The van der Waals surface area contributed by atoms with Crippen LogP contribution in [0.2, 0.25) is 0 Å². The van der Waals surface area contributed by atoms with Crippen LogP contribution in [0.1, 0.15) is 48.0 Å². The van der Waals surface area contributed by atoms with E-state index in [1.807, 2.05) is 0 Å². The van der Waals surface area contributed by atoms with Crippen LogP contribution in [0.25, 0.3) is 0 Å². The predicted octanol–water partition coefficient (Wildman–Crippen LogP) is 3.79. The minimum Gasteiger partial charge on any atom is -0.352 e. The lowest BCUT2D eigenvalue weighted by Crippen LogP contribution is -2.27. The highest BCUT2D eigenvalue weighted by atomic mass is 79.9. The SMILES string of the molecule is CCCCCc1nnc(NC(=O)CCNC(=O)c2ccc(Br)cc2)s1. The van der Waals surface area contributed by atoms with E-state index < -0.39 is 0 Å². The first-order chi connectivity index (χ1) is 12.1. The van der Waals surface area contributed by atoms with Crippen molar-refractivity contribution in [2.24, 2.45) is 0 Å². The number of halogens is 1. The fourth-order valence-electron chi connectivity index (χ4n) is 2.11. The molecule has 8 heteroatoms. The van der Waals surface area contributed by atoms with Gasteiger partial charge in [0.15, 0.2) is 0 Å². The third kappa shape index (κ3) is 6.91. The van der Waals surface area contributed by atoms with Crippen molar-refractivity contribution in [1.82, 2.24) is 15.5 Å². The van der Waals surface area contributed by atoms with Gasteiger partial charge in [0, 0.05) is 29.4 Å². The quantitative estimate of drug-likeness (QED) is 0.599. The maximum atomic E-state index is 11.9. The molecule has 0 aliphatic rings. The van der Waals surface area contributed by atoms with Crippen molar-refractivity contribution >= 4 is 44.2 Å². The molecule has 0 aliphatic heterocycles. The third-order valence-corrected chi connectivity index (χ3v) is 4.88. The molecule has 0 radical (unpaired) electrons. The molecule has 2 aromatic rings. The van der Waals surface area contributed by atoms with Gasteiger partial charge in [0.1, 0.15) is 5.01 Å². The molecule has 0 saturated heterocycles. The molecule has 0 saturated carbocycles. The second-order valence-electron chi connectivity index (χ2n) is 5.52. The van der Waals surface area contributed by atoms with Crippen molar-refractivity contribution in [3.8, 4) is 0 Å². The number of nitrogens with one attached hydrogen (secondary N) is 2. The van der Waals surface area contributed by atoms with Gasteiger partial charge in [0.05, 0.1) is 0 Å². The molecule has 1 aromatic carbocycles. The fourth-order valence-corrected chi connectivity index (χ4v) is 3.17. The molecule has 1 aromatic heterocycles. The lowest BCUT2D eigenvalue weighted by molar-refractivity contribution is -0.116. The first-order valence-electron chi connectivity index (χ1n) is 8.24. The zero-order chi connectivity index (χ0) is 18.1. The molecular formula is C17H21BrN4O2S. The van der Waals surface area contributed by atoms with Gasteiger partial charge in [-0.1, -0.05) is 47.0 Å². The summed E-state index contributed by atoms with van der Waals surface area (Å²) in [6.45, 7) is 2.42. The number of amides is 2. The second kappa shape index (κ2) is 10.2. The lowest BCUT2D eigenvalue weighted by atomic mass is 10.2. The van der Waals surface area contributed by atoms with Crippen molar-refractivity contribution in [3.05, 3.63) is 39.3 Å². The fraction of sp³-hybridized carbons (Fsp3) is 0.412. The van der Waals surface area contributed by atoms with Gasteiger partial charge >= 0.3 is 0 Å². The molecule has 1 heterocycles. The molecule has 2 amide bonds. The summed E-state index contributed by atoms with van der Waals surface area (Å²) >= 11 is 4.73. The van der Waals surface area contributed by atoms with E-state index in [2.05, 4.69) is 43.7 Å². The van der Waals surface area contributed by atoms with E-state index in [1.165, 1.54) is 17.8 Å². The summed E-state index contributed by atoms with van der Waals surface area (Å²) in [5.74, 6) is -0.387. The number of anilines is 1. The van der Waals surface area contributed by atoms with Gasteiger partial charge in [-0.3, -0.25) is 9.59 Å². The number of benzene rings is 1. The van der Waals surface area contributed by atoms with Crippen LogP contribution in [0.5, 0.6) is 0 Å². The highest BCUT2D eigenvalue weighted by molar-refractivity contribution is 9.10. The van der Waals surface area contributed by atoms with Crippen LogP contribution >= 0.6 is 27.3 Å². The minimum absolute atomic E-state index is 0.188. The number of aryl methyl sites for hydroxylation is 1. The second-order valence-corrected chi connectivity index (χ2v) is 7.50. The Balaban J connectivity index is 1.70. The normalized spacial score (nSPS) is 10.5. The molecule has 2 N–H and O–H groups in total. The van der Waals surface area contributed by atoms with Crippen LogP contribution in [-0.4, -0.2) is 28.6 Å². The average molecular weight is 425 g/mol. The maximum absolute atomic E-state index is 11.9. The number of rotatable bonds is 9.